The molecule has 0 bridgehead atoms. The fourth-order valence-corrected chi connectivity index (χ4v) is 3.35. The van der Waals surface area contributed by atoms with Crippen molar-refractivity contribution in [2.45, 2.75) is 26.7 Å². The van der Waals surface area contributed by atoms with Crippen LogP contribution in [0.3, 0.4) is 0 Å². The Morgan fingerprint density at radius 1 is 1.20 bits per heavy atom. The van der Waals surface area contributed by atoms with Gasteiger partial charge < -0.3 is 0 Å². The molecule has 2 heterocycles. The summed E-state index contributed by atoms with van der Waals surface area (Å²) in [6, 6.07) is 10.9. The molecule has 0 saturated carbocycles. The second kappa shape index (κ2) is 7.53. The van der Waals surface area contributed by atoms with Crippen molar-refractivity contribution >= 4 is 22.4 Å². The molecule has 128 valence electrons. The zero-order valence-corrected chi connectivity index (χ0v) is 14.9. The highest BCUT2D eigenvalue weighted by molar-refractivity contribution is 7.16. The summed E-state index contributed by atoms with van der Waals surface area (Å²) < 4.78 is 12.8. The number of anilines is 1. The standard InChI is InChI=1S/C19H18FN3OS/c1-3-4-13-5-7-14(8-6-13)17-12(2)25-19(22-17)23-18(24)15-9-10-16(20)21-11-15/h5-11H,3-4H2,1-2H3,(H,22,23,24). The smallest absolute Gasteiger partial charge is 0.259 e. The number of rotatable bonds is 5. The lowest BCUT2D eigenvalue weighted by Gasteiger charge is -2.02. The third-order valence-corrected chi connectivity index (χ3v) is 4.66. The van der Waals surface area contributed by atoms with Crippen LogP contribution in [0.25, 0.3) is 11.3 Å². The number of amides is 1. The Kier molecular flexibility index (Phi) is 5.19. The number of thiazole rings is 1. The van der Waals surface area contributed by atoms with Crippen LogP contribution in [0.4, 0.5) is 9.52 Å². The van der Waals surface area contributed by atoms with E-state index in [-0.39, 0.29) is 5.91 Å². The highest BCUT2D eigenvalue weighted by Gasteiger charge is 2.13. The van der Waals surface area contributed by atoms with Crippen LogP contribution in [-0.2, 0) is 6.42 Å². The van der Waals surface area contributed by atoms with Crippen LogP contribution >= 0.6 is 11.3 Å². The van der Waals surface area contributed by atoms with Gasteiger partial charge in [0, 0.05) is 16.6 Å². The molecular weight excluding hydrogens is 337 g/mol. The first kappa shape index (κ1) is 17.2. The number of nitrogens with one attached hydrogen (secondary N) is 1. The van der Waals surface area contributed by atoms with Crippen molar-refractivity contribution in [3.05, 3.63) is 64.5 Å². The van der Waals surface area contributed by atoms with Crippen LogP contribution in [0.2, 0.25) is 0 Å². The second-order valence-corrected chi connectivity index (χ2v) is 6.90. The van der Waals surface area contributed by atoms with E-state index in [9.17, 15) is 9.18 Å². The quantitative estimate of drug-likeness (QED) is 0.665. The van der Waals surface area contributed by atoms with Crippen molar-refractivity contribution in [3.63, 3.8) is 0 Å². The average molecular weight is 355 g/mol. The largest absolute Gasteiger partial charge is 0.298 e. The Bertz CT molecular complexity index is 873. The molecular formula is C19H18FN3OS. The molecule has 4 nitrogen and oxygen atoms in total. The van der Waals surface area contributed by atoms with Gasteiger partial charge in [0.25, 0.3) is 5.91 Å². The molecule has 0 spiro atoms. The van der Waals surface area contributed by atoms with Crippen LogP contribution < -0.4 is 5.32 Å². The van der Waals surface area contributed by atoms with Gasteiger partial charge in [-0.25, -0.2) is 9.97 Å². The fourth-order valence-electron chi connectivity index (χ4n) is 2.52. The van der Waals surface area contributed by atoms with Gasteiger partial charge in [-0.3, -0.25) is 10.1 Å². The summed E-state index contributed by atoms with van der Waals surface area (Å²) in [5, 5.41) is 3.26. The predicted molar refractivity (Wildman–Crippen MR) is 98.4 cm³/mol. The Labute approximate surface area is 149 Å². The molecule has 1 aromatic carbocycles. The number of hydrogen-bond acceptors (Lipinski definition) is 4. The van der Waals surface area contributed by atoms with Gasteiger partial charge in [-0.05, 0) is 31.0 Å². The molecule has 6 heteroatoms. The van der Waals surface area contributed by atoms with Crippen LogP contribution in [0.1, 0.15) is 34.1 Å². The zero-order chi connectivity index (χ0) is 17.8. The van der Waals surface area contributed by atoms with Gasteiger partial charge >= 0.3 is 0 Å². The third-order valence-electron chi connectivity index (χ3n) is 3.77. The number of hydrogen-bond donors (Lipinski definition) is 1. The molecule has 3 aromatic rings. The molecule has 0 atom stereocenters. The second-order valence-electron chi connectivity index (χ2n) is 5.69. The van der Waals surface area contributed by atoms with Crippen molar-refractivity contribution in [2.75, 3.05) is 5.32 Å². The van der Waals surface area contributed by atoms with Gasteiger partial charge in [-0.15, -0.1) is 11.3 Å². The van der Waals surface area contributed by atoms with E-state index in [0.29, 0.717) is 10.7 Å². The number of nitrogens with zero attached hydrogens (tertiary/aromatic N) is 2. The first-order valence-electron chi connectivity index (χ1n) is 8.06. The number of carbonyl (C=O) groups is 1. The number of pyridine rings is 1. The van der Waals surface area contributed by atoms with E-state index in [0.717, 1.165) is 35.0 Å². The van der Waals surface area contributed by atoms with E-state index in [4.69, 9.17) is 0 Å². The predicted octanol–water partition coefficient (Wildman–Crippen LogP) is 4.86. The van der Waals surface area contributed by atoms with Gasteiger partial charge in [0.15, 0.2) is 5.13 Å². The number of carbonyl (C=O) groups excluding carboxylic acids is 1. The minimum atomic E-state index is -0.615. The molecule has 1 amide bonds. The Balaban J connectivity index is 1.77. The maximum absolute atomic E-state index is 12.8. The minimum absolute atomic E-state index is 0.291. The van der Waals surface area contributed by atoms with Crippen LogP contribution in [-0.4, -0.2) is 15.9 Å². The van der Waals surface area contributed by atoms with Crippen molar-refractivity contribution in [1.82, 2.24) is 9.97 Å². The normalized spacial score (nSPS) is 10.7. The molecule has 25 heavy (non-hydrogen) atoms. The molecule has 0 saturated heterocycles. The summed E-state index contributed by atoms with van der Waals surface area (Å²) in [4.78, 5) is 21.2. The van der Waals surface area contributed by atoms with E-state index in [2.05, 4.69) is 46.5 Å². The first-order valence-corrected chi connectivity index (χ1v) is 8.88. The van der Waals surface area contributed by atoms with Gasteiger partial charge in [0.05, 0.1) is 11.3 Å². The summed E-state index contributed by atoms with van der Waals surface area (Å²) in [6.07, 6.45) is 3.38. The topological polar surface area (TPSA) is 54.9 Å². The van der Waals surface area contributed by atoms with E-state index in [1.54, 1.807) is 0 Å². The minimum Gasteiger partial charge on any atom is -0.298 e. The number of benzene rings is 1. The highest BCUT2D eigenvalue weighted by Crippen LogP contribution is 2.30. The molecule has 0 unspecified atom stereocenters. The Morgan fingerprint density at radius 3 is 2.60 bits per heavy atom. The molecule has 0 fully saturated rings. The summed E-state index contributed by atoms with van der Waals surface area (Å²) in [6.45, 7) is 4.13. The molecule has 3 rings (SSSR count). The SMILES string of the molecule is CCCc1ccc(-c2nc(NC(=O)c3ccc(F)nc3)sc2C)cc1. The summed E-state index contributed by atoms with van der Waals surface area (Å²) in [5.41, 5.74) is 3.48. The lowest BCUT2D eigenvalue weighted by molar-refractivity contribution is 0.102. The molecule has 0 aliphatic rings. The summed E-state index contributed by atoms with van der Waals surface area (Å²) >= 11 is 1.41. The average Bonchev–Trinajstić information content (AvgIpc) is 2.96. The van der Waals surface area contributed by atoms with Gasteiger partial charge in [-0.1, -0.05) is 37.6 Å². The molecule has 0 aliphatic carbocycles. The van der Waals surface area contributed by atoms with E-state index in [1.165, 1.54) is 29.2 Å². The van der Waals surface area contributed by atoms with E-state index >= 15 is 0 Å². The molecule has 2 aromatic heterocycles. The van der Waals surface area contributed by atoms with Crippen LogP contribution in [0.5, 0.6) is 0 Å². The Morgan fingerprint density at radius 2 is 1.96 bits per heavy atom. The fraction of sp³-hybridized carbons (Fsp3) is 0.211. The lowest BCUT2D eigenvalue weighted by Crippen LogP contribution is -2.12. The molecule has 0 aliphatic heterocycles. The lowest BCUT2D eigenvalue weighted by atomic mass is 10.1. The van der Waals surface area contributed by atoms with Gasteiger partial charge in [0.2, 0.25) is 5.95 Å². The van der Waals surface area contributed by atoms with Gasteiger partial charge in [-0.2, -0.15) is 4.39 Å². The van der Waals surface area contributed by atoms with Crippen molar-refractivity contribution in [3.8, 4) is 11.3 Å². The molecule has 0 radical (unpaired) electrons. The maximum Gasteiger partial charge on any atom is 0.259 e. The van der Waals surface area contributed by atoms with E-state index in [1.807, 2.05) is 6.92 Å². The van der Waals surface area contributed by atoms with Crippen LogP contribution in [0, 0.1) is 12.9 Å². The number of aromatic nitrogens is 2. The third kappa shape index (κ3) is 4.09. The first-order chi connectivity index (χ1) is 12.1. The van der Waals surface area contributed by atoms with Crippen LogP contribution in [0.15, 0.2) is 42.6 Å². The number of aryl methyl sites for hydroxylation is 2. The summed E-state index contributed by atoms with van der Waals surface area (Å²) in [5.74, 6) is -0.971. The zero-order valence-electron chi connectivity index (χ0n) is 14.0. The molecule has 1 N–H and O–H groups in total. The van der Waals surface area contributed by atoms with Crippen molar-refractivity contribution in [1.29, 1.82) is 0 Å². The highest BCUT2D eigenvalue weighted by atomic mass is 32.1. The summed E-state index contributed by atoms with van der Waals surface area (Å²) in [7, 11) is 0. The van der Waals surface area contributed by atoms with E-state index < -0.39 is 5.95 Å². The maximum atomic E-state index is 12.8. The van der Waals surface area contributed by atoms with Gasteiger partial charge in [0.1, 0.15) is 0 Å². The van der Waals surface area contributed by atoms with Crippen molar-refractivity contribution < 1.29 is 9.18 Å². The Hall–Kier alpha value is -2.60. The monoisotopic (exact) mass is 355 g/mol. The van der Waals surface area contributed by atoms with Crippen molar-refractivity contribution in [2.24, 2.45) is 0 Å². The number of halogens is 1.